The Hall–Kier alpha value is -5.06. The lowest BCUT2D eigenvalue weighted by Crippen LogP contribution is -2.60. The summed E-state index contributed by atoms with van der Waals surface area (Å²) in [4.78, 5) is 5.55. The molecule has 6 aromatic carbocycles. The largest absolute Gasteiger partial charge is 0.311 e. The SMILES string of the molecule is CC(C)(C)c1ccc(N2c3ccc(C(C)(C)C)cc3B3c4sc5cc6c(cc5c4N(c4ccc5c(c4)C(C)(C)CCC5(C)C)c4cc(C5c7ccccc7C7(C)CCCCC57C)cc2c43)C2(C)CCC6(C)C2)cc1. The van der Waals surface area contributed by atoms with Gasteiger partial charge in [0.1, 0.15) is 0 Å². The lowest BCUT2D eigenvalue weighted by Gasteiger charge is -2.50. The minimum absolute atomic E-state index is 0.0164. The Bertz CT molecular complexity index is 3560. The first-order chi connectivity index (χ1) is 34.9. The number of rotatable bonds is 3. The molecule has 7 aliphatic rings. The van der Waals surface area contributed by atoms with E-state index in [9.17, 15) is 0 Å². The van der Waals surface area contributed by atoms with Crippen LogP contribution in [0.15, 0.2) is 109 Å². The third kappa shape index (κ3) is 6.24. The Morgan fingerprint density at radius 2 is 1.15 bits per heavy atom. The van der Waals surface area contributed by atoms with Gasteiger partial charge in [0.2, 0.25) is 0 Å². The number of benzene rings is 6. The summed E-state index contributed by atoms with van der Waals surface area (Å²) >= 11 is 2.11. The van der Waals surface area contributed by atoms with Gasteiger partial charge in [0.15, 0.2) is 0 Å². The van der Waals surface area contributed by atoms with Crippen molar-refractivity contribution in [3.05, 3.63) is 159 Å². The summed E-state index contributed by atoms with van der Waals surface area (Å²) in [6.45, 7) is 34.7. The molecule has 2 fully saturated rings. The van der Waals surface area contributed by atoms with Gasteiger partial charge in [-0.2, -0.15) is 0 Å². The van der Waals surface area contributed by atoms with Crippen molar-refractivity contribution in [1.82, 2.24) is 0 Å². The lowest BCUT2D eigenvalue weighted by molar-refractivity contribution is 0.0924. The molecule has 5 unspecified atom stereocenters. The standard InChI is InChI=1S/C70H79BN2S/c1-63(2,3)43-21-24-45(25-22-43)72-55-28-23-44(64(4,5)6)37-54(55)71-60-56(72)35-42(59-47-19-15-16-20-49(47)69(13)29-17-18-30-70(59,69)14)36-57(60)73(46-26-27-50-51(38-46)66(9,10)32-31-65(50,7)8)61-48-39-52-53(40-58(48)74-62(61)71)68(12)34-33-67(52,11)41-68/h15-16,19-28,35-40,59H,17-18,29-34,41H2,1-14H3. The number of anilines is 6. The van der Waals surface area contributed by atoms with Crippen LogP contribution in [0.2, 0.25) is 0 Å². The van der Waals surface area contributed by atoms with Crippen LogP contribution in [0, 0.1) is 5.41 Å². The summed E-state index contributed by atoms with van der Waals surface area (Å²) < 4.78 is 2.95. The highest BCUT2D eigenvalue weighted by Gasteiger charge is 2.59. The molecule has 2 nitrogen and oxygen atoms in total. The first-order valence-corrected chi connectivity index (χ1v) is 29.6. The average Bonchev–Trinajstić information content (AvgIpc) is 4.03. The molecule has 378 valence electrons. The molecule has 0 spiro atoms. The van der Waals surface area contributed by atoms with E-state index in [1.165, 1.54) is 146 Å². The van der Waals surface area contributed by atoms with E-state index in [0.717, 1.165) is 0 Å². The van der Waals surface area contributed by atoms with E-state index in [1.807, 2.05) is 0 Å². The maximum atomic E-state index is 2.84. The van der Waals surface area contributed by atoms with E-state index in [4.69, 9.17) is 0 Å². The molecule has 5 atom stereocenters. The van der Waals surface area contributed by atoms with Crippen molar-refractivity contribution in [2.24, 2.45) is 5.41 Å². The van der Waals surface area contributed by atoms with Gasteiger partial charge in [-0.05, 0) is 204 Å². The topological polar surface area (TPSA) is 6.48 Å². The normalized spacial score (nSPS) is 27.6. The van der Waals surface area contributed by atoms with E-state index in [-0.39, 0.29) is 56.0 Å². The molecule has 0 N–H and O–H groups in total. The third-order valence-corrected chi connectivity index (χ3v) is 23.0. The maximum Gasteiger partial charge on any atom is 0.264 e. The highest BCUT2D eigenvalue weighted by Crippen LogP contribution is 2.68. The van der Waals surface area contributed by atoms with Gasteiger partial charge in [-0.3, -0.25) is 0 Å². The van der Waals surface area contributed by atoms with Crippen molar-refractivity contribution in [3.63, 3.8) is 0 Å². The molecule has 5 aliphatic carbocycles. The highest BCUT2D eigenvalue weighted by molar-refractivity contribution is 7.33. The summed E-state index contributed by atoms with van der Waals surface area (Å²) in [7, 11) is 0. The Labute approximate surface area is 448 Å². The molecule has 14 rings (SSSR count). The number of hydrogen-bond acceptors (Lipinski definition) is 3. The fraction of sp³-hybridized carbons (Fsp3) is 0.457. The zero-order valence-corrected chi connectivity index (χ0v) is 48.0. The number of fused-ring (bicyclic) bond motifs is 15. The van der Waals surface area contributed by atoms with Crippen LogP contribution >= 0.6 is 11.3 Å². The van der Waals surface area contributed by atoms with Gasteiger partial charge in [0.05, 0.1) is 5.69 Å². The van der Waals surface area contributed by atoms with Gasteiger partial charge in [-0.15, -0.1) is 11.3 Å². The molecule has 2 saturated carbocycles. The summed E-state index contributed by atoms with van der Waals surface area (Å²) in [5.74, 6) is 0.254. The van der Waals surface area contributed by atoms with E-state index < -0.39 is 0 Å². The van der Waals surface area contributed by atoms with Crippen LogP contribution in [0.1, 0.15) is 211 Å². The van der Waals surface area contributed by atoms with Crippen molar-refractivity contribution in [1.29, 1.82) is 0 Å². The van der Waals surface area contributed by atoms with E-state index >= 15 is 0 Å². The molecule has 0 saturated heterocycles. The quantitative estimate of drug-likeness (QED) is 0.163. The number of nitrogens with zero attached hydrogens (tertiary/aromatic N) is 2. The van der Waals surface area contributed by atoms with Gasteiger partial charge < -0.3 is 9.80 Å². The Morgan fingerprint density at radius 3 is 1.85 bits per heavy atom. The summed E-state index contributed by atoms with van der Waals surface area (Å²) in [5, 5.41) is 1.45. The van der Waals surface area contributed by atoms with Crippen LogP contribution in [0.4, 0.5) is 34.1 Å². The maximum absolute atomic E-state index is 2.84. The molecule has 2 bridgehead atoms. The Morgan fingerprint density at radius 1 is 0.527 bits per heavy atom. The predicted molar refractivity (Wildman–Crippen MR) is 319 cm³/mol. The fourth-order valence-corrected chi connectivity index (χ4v) is 18.5. The van der Waals surface area contributed by atoms with Gasteiger partial charge in [-0.25, -0.2) is 0 Å². The van der Waals surface area contributed by atoms with Gasteiger partial charge in [0.25, 0.3) is 6.71 Å². The Balaban J connectivity index is 1.13. The first kappa shape index (κ1) is 47.4. The third-order valence-electron chi connectivity index (χ3n) is 21.8. The molecule has 0 radical (unpaired) electrons. The minimum atomic E-state index is -0.0164. The second kappa shape index (κ2) is 14.9. The molecule has 0 amide bonds. The molecule has 1 aromatic heterocycles. The van der Waals surface area contributed by atoms with Gasteiger partial charge >= 0.3 is 0 Å². The molecular weight excluding hydrogens is 912 g/mol. The minimum Gasteiger partial charge on any atom is -0.311 e. The van der Waals surface area contributed by atoms with E-state index in [0.29, 0.717) is 0 Å². The molecular formula is C70H79BN2S. The molecule has 74 heavy (non-hydrogen) atoms. The average molecular weight is 991 g/mol. The first-order valence-electron chi connectivity index (χ1n) is 28.7. The van der Waals surface area contributed by atoms with Crippen LogP contribution in [0.25, 0.3) is 10.1 Å². The van der Waals surface area contributed by atoms with Crippen LogP contribution in [-0.2, 0) is 37.9 Å². The van der Waals surface area contributed by atoms with E-state index in [1.54, 1.807) is 22.3 Å². The van der Waals surface area contributed by atoms with Gasteiger partial charge in [-0.1, -0.05) is 164 Å². The van der Waals surface area contributed by atoms with Crippen molar-refractivity contribution in [2.75, 3.05) is 9.80 Å². The second-order valence-electron chi connectivity index (χ2n) is 29.4. The van der Waals surface area contributed by atoms with Crippen LogP contribution < -0.4 is 25.5 Å². The smallest absolute Gasteiger partial charge is 0.264 e. The molecule has 4 heteroatoms. The highest BCUT2D eigenvalue weighted by atomic mass is 32.1. The molecule has 3 heterocycles. The lowest BCUT2D eigenvalue weighted by atomic mass is 9.36. The number of thiophene rings is 1. The Kier molecular flexibility index (Phi) is 9.55. The van der Waals surface area contributed by atoms with Gasteiger partial charge in [0, 0.05) is 49.2 Å². The second-order valence-corrected chi connectivity index (χ2v) is 30.5. The molecule has 7 aromatic rings. The number of hydrogen-bond donors (Lipinski definition) is 0. The van der Waals surface area contributed by atoms with Crippen molar-refractivity contribution in [3.8, 4) is 0 Å². The van der Waals surface area contributed by atoms with Crippen LogP contribution in [0.5, 0.6) is 0 Å². The van der Waals surface area contributed by atoms with Crippen LogP contribution in [0.3, 0.4) is 0 Å². The van der Waals surface area contributed by atoms with Crippen LogP contribution in [-0.4, -0.2) is 6.71 Å². The van der Waals surface area contributed by atoms with E-state index in [2.05, 4.69) is 227 Å². The predicted octanol–water partition coefficient (Wildman–Crippen LogP) is 17.6. The summed E-state index contributed by atoms with van der Waals surface area (Å²) in [6.07, 6.45) is 11.3. The fourth-order valence-electron chi connectivity index (χ4n) is 17.2. The molecule has 2 aliphatic heterocycles. The summed E-state index contributed by atoms with van der Waals surface area (Å²) in [5.41, 5.74) is 25.4. The van der Waals surface area contributed by atoms with Crippen molar-refractivity contribution >= 4 is 78.0 Å². The zero-order valence-electron chi connectivity index (χ0n) is 47.2. The summed E-state index contributed by atoms with van der Waals surface area (Å²) in [6, 6.07) is 45.6. The zero-order chi connectivity index (χ0) is 51.7. The van der Waals surface area contributed by atoms with Crippen molar-refractivity contribution < 1.29 is 0 Å². The van der Waals surface area contributed by atoms with Crippen molar-refractivity contribution in [2.45, 2.75) is 199 Å². The monoisotopic (exact) mass is 991 g/mol.